The number of nitrogens with zero attached hydrogens (tertiary/aromatic N) is 3. The number of nitro groups is 1. The molecule has 1 aromatic heterocycles. The number of fused-ring (bicyclic) bond motifs is 1. The van der Waals surface area contributed by atoms with Gasteiger partial charge in [-0.1, -0.05) is 12.1 Å². The van der Waals surface area contributed by atoms with Gasteiger partial charge >= 0.3 is 11.9 Å². The van der Waals surface area contributed by atoms with Gasteiger partial charge in [-0.05, 0) is 70.6 Å². The van der Waals surface area contributed by atoms with E-state index in [0.29, 0.717) is 32.6 Å². The molecular formula is C24H14F3IN4O4. The van der Waals surface area contributed by atoms with Gasteiger partial charge in [0.25, 0.3) is 0 Å². The quantitative estimate of drug-likeness (QED) is 0.110. The van der Waals surface area contributed by atoms with Crippen molar-refractivity contribution in [3.8, 4) is 23.3 Å². The Morgan fingerprint density at radius 1 is 1.19 bits per heavy atom. The molecular weight excluding hydrogens is 592 g/mol. The second-order valence-corrected chi connectivity index (χ2v) is 8.51. The molecule has 0 aliphatic carbocycles. The molecule has 1 heterocycles. The highest BCUT2D eigenvalue weighted by Gasteiger charge is 2.33. The van der Waals surface area contributed by atoms with Crippen molar-refractivity contribution in [1.29, 1.82) is 5.26 Å². The number of aromatic amines is 1. The number of benzene rings is 3. The molecule has 4 rings (SSSR count). The van der Waals surface area contributed by atoms with Crippen LogP contribution >= 0.6 is 22.6 Å². The summed E-state index contributed by atoms with van der Waals surface area (Å²) in [5, 5.41) is 21.1. The van der Waals surface area contributed by atoms with Gasteiger partial charge in [-0.2, -0.15) is 18.4 Å². The van der Waals surface area contributed by atoms with E-state index in [1.165, 1.54) is 13.2 Å². The van der Waals surface area contributed by atoms with E-state index in [9.17, 15) is 28.5 Å². The number of nitriles is 1. The number of ether oxygens (including phenoxy) is 2. The van der Waals surface area contributed by atoms with Gasteiger partial charge in [0, 0.05) is 6.07 Å². The SMILES string of the molecule is COc1cc(/C=C(\C#N)c2nc3ccccc3[nH]2)cc(I)c1Oc1ccc(C(F)(F)F)cc1[N+](=O)[O-]. The molecule has 0 radical (unpaired) electrons. The van der Waals surface area contributed by atoms with E-state index in [0.717, 1.165) is 11.6 Å². The molecule has 182 valence electrons. The molecule has 1 N–H and O–H groups in total. The fourth-order valence-corrected chi connectivity index (χ4v) is 4.09. The maximum absolute atomic E-state index is 13.0. The summed E-state index contributed by atoms with van der Waals surface area (Å²) >= 11 is 1.90. The highest BCUT2D eigenvalue weighted by atomic mass is 127. The standard InChI is InChI=1S/C24H14F3IN4O4/c1-35-21-10-13(8-14(12-29)23-30-17-4-2-3-5-18(17)31-23)9-16(28)22(21)36-20-7-6-15(24(25,26)27)11-19(20)32(33)34/h2-11H,1H3,(H,30,31)/b14-8+. The molecule has 0 saturated carbocycles. The minimum Gasteiger partial charge on any atom is -0.493 e. The van der Waals surface area contributed by atoms with Gasteiger partial charge in [0.05, 0.1) is 37.8 Å². The number of hydrogen-bond donors (Lipinski definition) is 1. The number of nitro benzene ring substituents is 1. The van der Waals surface area contributed by atoms with Crippen molar-refractivity contribution in [1.82, 2.24) is 9.97 Å². The molecule has 3 aromatic carbocycles. The van der Waals surface area contributed by atoms with Crippen molar-refractivity contribution in [3.05, 3.63) is 85.2 Å². The number of rotatable bonds is 6. The zero-order valence-corrected chi connectivity index (χ0v) is 20.4. The van der Waals surface area contributed by atoms with Crippen LogP contribution in [0, 0.1) is 25.0 Å². The molecule has 0 saturated heterocycles. The first-order valence-electron chi connectivity index (χ1n) is 10.1. The minimum atomic E-state index is -4.75. The molecule has 0 bridgehead atoms. The molecule has 0 spiro atoms. The average Bonchev–Trinajstić information content (AvgIpc) is 3.27. The molecule has 0 amide bonds. The summed E-state index contributed by atoms with van der Waals surface area (Å²) in [4.78, 5) is 18.0. The summed E-state index contributed by atoms with van der Waals surface area (Å²) in [6.07, 6.45) is -3.17. The Balaban J connectivity index is 1.73. The van der Waals surface area contributed by atoms with Crippen LogP contribution in [0.25, 0.3) is 22.7 Å². The second-order valence-electron chi connectivity index (χ2n) is 7.35. The number of halogens is 4. The third kappa shape index (κ3) is 5.10. The zero-order chi connectivity index (χ0) is 26.0. The molecule has 0 aliphatic rings. The van der Waals surface area contributed by atoms with Gasteiger partial charge in [0.1, 0.15) is 11.9 Å². The molecule has 0 unspecified atom stereocenters. The van der Waals surface area contributed by atoms with Crippen LogP contribution in [-0.4, -0.2) is 22.0 Å². The van der Waals surface area contributed by atoms with Crippen molar-refractivity contribution >= 4 is 51.0 Å². The monoisotopic (exact) mass is 606 g/mol. The largest absolute Gasteiger partial charge is 0.493 e. The third-order valence-corrected chi connectivity index (χ3v) is 5.82. The molecule has 0 atom stereocenters. The van der Waals surface area contributed by atoms with E-state index < -0.39 is 22.4 Å². The Kier molecular flexibility index (Phi) is 6.84. The lowest BCUT2D eigenvalue weighted by Gasteiger charge is -2.14. The van der Waals surface area contributed by atoms with Crippen molar-refractivity contribution in [3.63, 3.8) is 0 Å². The van der Waals surface area contributed by atoms with Crippen LogP contribution in [0.2, 0.25) is 0 Å². The summed E-state index contributed by atoms with van der Waals surface area (Å²) in [5.74, 6) is 0.213. The van der Waals surface area contributed by atoms with Crippen molar-refractivity contribution in [2.75, 3.05) is 7.11 Å². The van der Waals surface area contributed by atoms with Crippen LogP contribution in [0.15, 0.2) is 54.6 Å². The first-order chi connectivity index (χ1) is 17.1. The number of para-hydroxylation sites is 2. The summed E-state index contributed by atoms with van der Waals surface area (Å²) in [6.45, 7) is 0. The molecule has 0 aliphatic heterocycles. The summed E-state index contributed by atoms with van der Waals surface area (Å²) < 4.78 is 50.5. The van der Waals surface area contributed by atoms with Crippen LogP contribution in [0.1, 0.15) is 17.0 Å². The van der Waals surface area contributed by atoms with Gasteiger partial charge in [-0.3, -0.25) is 10.1 Å². The first kappa shape index (κ1) is 25.0. The van der Waals surface area contributed by atoms with Gasteiger partial charge < -0.3 is 14.5 Å². The molecule has 0 fully saturated rings. The predicted octanol–water partition coefficient (Wildman–Crippen LogP) is 6.96. The fraction of sp³-hybridized carbons (Fsp3) is 0.0833. The number of methoxy groups -OCH3 is 1. The average molecular weight is 606 g/mol. The maximum Gasteiger partial charge on any atom is 0.416 e. The minimum absolute atomic E-state index is 0.0698. The molecule has 12 heteroatoms. The molecule has 4 aromatic rings. The Hall–Kier alpha value is -4.12. The van der Waals surface area contributed by atoms with Crippen molar-refractivity contribution < 1.29 is 27.6 Å². The number of hydrogen-bond acceptors (Lipinski definition) is 6. The maximum atomic E-state index is 13.0. The number of alkyl halides is 3. The van der Waals surface area contributed by atoms with Crippen LogP contribution in [0.4, 0.5) is 18.9 Å². The van der Waals surface area contributed by atoms with E-state index in [-0.39, 0.29) is 22.8 Å². The Labute approximate surface area is 215 Å². The second kappa shape index (κ2) is 9.86. The van der Waals surface area contributed by atoms with E-state index in [1.54, 1.807) is 12.1 Å². The lowest BCUT2D eigenvalue weighted by molar-refractivity contribution is -0.385. The summed E-state index contributed by atoms with van der Waals surface area (Å²) in [5.41, 5.74) is 0.241. The van der Waals surface area contributed by atoms with Crippen LogP contribution in [-0.2, 0) is 6.18 Å². The zero-order valence-electron chi connectivity index (χ0n) is 18.3. The molecule has 36 heavy (non-hydrogen) atoms. The smallest absolute Gasteiger partial charge is 0.416 e. The topological polar surface area (TPSA) is 114 Å². The van der Waals surface area contributed by atoms with Gasteiger partial charge in [-0.25, -0.2) is 4.98 Å². The van der Waals surface area contributed by atoms with Gasteiger partial charge in [0.15, 0.2) is 11.5 Å². The first-order valence-corrected chi connectivity index (χ1v) is 11.2. The number of aromatic nitrogens is 2. The van der Waals surface area contributed by atoms with Crippen LogP contribution in [0.5, 0.6) is 17.2 Å². The summed E-state index contributed by atoms with van der Waals surface area (Å²) in [7, 11) is 1.34. The predicted molar refractivity (Wildman–Crippen MR) is 133 cm³/mol. The lowest BCUT2D eigenvalue weighted by atomic mass is 10.1. The number of H-pyrrole nitrogens is 1. The molecule has 8 nitrogen and oxygen atoms in total. The lowest BCUT2D eigenvalue weighted by Crippen LogP contribution is -2.06. The highest BCUT2D eigenvalue weighted by molar-refractivity contribution is 14.1. The number of allylic oxidation sites excluding steroid dienone is 1. The van der Waals surface area contributed by atoms with Crippen molar-refractivity contribution in [2.24, 2.45) is 0 Å². The van der Waals surface area contributed by atoms with E-state index >= 15 is 0 Å². The highest BCUT2D eigenvalue weighted by Crippen LogP contribution is 2.42. The number of nitrogens with one attached hydrogen (secondary N) is 1. The Morgan fingerprint density at radius 3 is 2.58 bits per heavy atom. The Bertz CT molecular complexity index is 1520. The normalized spacial score (nSPS) is 11.8. The van der Waals surface area contributed by atoms with Gasteiger partial charge in [-0.15, -0.1) is 0 Å². The van der Waals surface area contributed by atoms with Gasteiger partial charge in [0.2, 0.25) is 5.75 Å². The third-order valence-electron chi connectivity index (χ3n) is 5.02. The van der Waals surface area contributed by atoms with Crippen LogP contribution < -0.4 is 9.47 Å². The van der Waals surface area contributed by atoms with Crippen molar-refractivity contribution in [2.45, 2.75) is 6.18 Å². The fourth-order valence-electron chi connectivity index (χ4n) is 3.36. The van der Waals surface area contributed by atoms with E-state index in [2.05, 4.69) is 16.0 Å². The Morgan fingerprint density at radius 2 is 1.94 bits per heavy atom. The summed E-state index contributed by atoms with van der Waals surface area (Å²) in [6, 6.07) is 14.6. The van der Waals surface area contributed by atoms with E-state index in [1.807, 2.05) is 46.9 Å². The number of imidazole rings is 1. The van der Waals surface area contributed by atoms with E-state index in [4.69, 9.17) is 9.47 Å². The van der Waals surface area contributed by atoms with Crippen LogP contribution in [0.3, 0.4) is 0 Å².